The summed E-state index contributed by atoms with van der Waals surface area (Å²) in [5.74, 6) is 0.857. The lowest BCUT2D eigenvalue weighted by molar-refractivity contribution is 0.233. The molecule has 1 saturated carbocycles. The summed E-state index contributed by atoms with van der Waals surface area (Å²) < 4.78 is 5.95. The van der Waals surface area contributed by atoms with Gasteiger partial charge in [0, 0.05) is 28.5 Å². The van der Waals surface area contributed by atoms with Crippen molar-refractivity contribution in [2.45, 2.75) is 32.2 Å². The van der Waals surface area contributed by atoms with Gasteiger partial charge < -0.3 is 10.1 Å². The van der Waals surface area contributed by atoms with E-state index in [-0.39, 0.29) is 11.5 Å². The van der Waals surface area contributed by atoms with Crippen LogP contribution in [0.2, 0.25) is 5.02 Å². The molecule has 0 aliphatic heterocycles. The number of hydrogen-bond donors (Lipinski definition) is 1. The van der Waals surface area contributed by atoms with Gasteiger partial charge in [-0.1, -0.05) is 11.6 Å². The van der Waals surface area contributed by atoms with Gasteiger partial charge in [-0.3, -0.25) is 0 Å². The first kappa shape index (κ1) is 14.2. The van der Waals surface area contributed by atoms with Gasteiger partial charge in [0.25, 0.3) is 0 Å². The van der Waals surface area contributed by atoms with E-state index >= 15 is 0 Å². The van der Waals surface area contributed by atoms with E-state index in [0.717, 1.165) is 24.2 Å². The molecule has 0 aromatic heterocycles. The van der Waals surface area contributed by atoms with Crippen LogP contribution in [0, 0.1) is 16.7 Å². The quantitative estimate of drug-likeness (QED) is 0.863. The summed E-state index contributed by atoms with van der Waals surface area (Å²) in [6.07, 6.45) is 2.76. The third-order valence-electron chi connectivity index (χ3n) is 3.82. The fourth-order valence-electron chi connectivity index (χ4n) is 2.09. The fraction of sp³-hybridized carbons (Fsp3) is 0.533. The average Bonchev–Trinajstić information content (AvgIpc) is 3.17. The summed E-state index contributed by atoms with van der Waals surface area (Å²) in [6.45, 7) is 2.69. The monoisotopic (exact) mass is 278 g/mol. The van der Waals surface area contributed by atoms with Gasteiger partial charge >= 0.3 is 0 Å². The molecule has 1 aliphatic carbocycles. The van der Waals surface area contributed by atoms with E-state index in [2.05, 4.69) is 18.3 Å². The van der Waals surface area contributed by atoms with E-state index in [9.17, 15) is 0 Å². The molecule has 1 aromatic rings. The smallest absolute Gasteiger partial charge is 0.124 e. The van der Waals surface area contributed by atoms with Crippen molar-refractivity contribution in [3.05, 3.63) is 28.8 Å². The largest absolute Gasteiger partial charge is 0.493 e. The first-order valence-corrected chi connectivity index (χ1v) is 6.94. The lowest BCUT2D eigenvalue weighted by Crippen LogP contribution is -2.17. The van der Waals surface area contributed by atoms with Gasteiger partial charge in [-0.25, -0.2) is 0 Å². The van der Waals surface area contributed by atoms with E-state index in [1.807, 2.05) is 25.2 Å². The second kappa shape index (κ2) is 5.81. The van der Waals surface area contributed by atoms with E-state index in [1.54, 1.807) is 0 Å². The highest BCUT2D eigenvalue weighted by Crippen LogP contribution is 2.49. The first-order valence-electron chi connectivity index (χ1n) is 6.57. The zero-order valence-electron chi connectivity index (χ0n) is 11.4. The Hall–Kier alpha value is -1.24. The number of rotatable bonds is 6. The van der Waals surface area contributed by atoms with Gasteiger partial charge in [0.1, 0.15) is 5.75 Å². The highest BCUT2D eigenvalue weighted by Gasteiger charge is 2.43. The molecule has 0 heterocycles. The zero-order valence-corrected chi connectivity index (χ0v) is 12.1. The number of nitrogens with one attached hydrogen (secondary N) is 1. The molecule has 0 bridgehead atoms. The number of benzene rings is 1. The molecular weight excluding hydrogens is 260 g/mol. The van der Waals surface area contributed by atoms with Crippen LogP contribution >= 0.6 is 11.6 Å². The maximum absolute atomic E-state index is 8.82. The van der Waals surface area contributed by atoms with Crippen LogP contribution in [0.4, 0.5) is 0 Å². The minimum absolute atomic E-state index is 0.0918. The minimum atomic E-state index is 0.0918. The van der Waals surface area contributed by atoms with Gasteiger partial charge in [0.05, 0.1) is 12.7 Å². The molecule has 1 atom stereocenters. The minimum Gasteiger partial charge on any atom is -0.493 e. The lowest BCUT2D eigenvalue weighted by atomic mass is 10.0. The van der Waals surface area contributed by atoms with Gasteiger partial charge in [0.15, 0.2) is 0 Å². The second-order valence-electron chi connectivity index (χ2n) is 5.32. The number of nitriles is 1. The molecular formula is C15H19ClN2O. The van der Waals surface area contributed by atoms with Gasteiger partial charge in [0.2, 0.25) is 0 Å². The van der Waals surface area contributed by atoms with Crippen LogP contribution in [0.1, 0.15) is 37.8 Å². The van der Waals surface area contributed by atoms with E-state index in [4.69, 9.17) is 21.6 Å². The van der Waals surface area contributed by atoms with Crippen molar-refractivity contribution in [1.29, 1.82) is 5.26 Å². The highest BCUT2D eigenvalue weighted by atomic mass is 35.5. The summed E-state index contributed by atoms with van der Waals surface area (Å²) in [5, 5.41) is 12.7. The first-order chi connectivity index (χ1) is 9.10. The molecule has 1 unspecified atom stereocenters. The van der Waals surface area contributed by atoms with Crippen LogP contribution in [0.25, 0.3) is 0 Å². The SMILES string of the molecule is CNC(C)c1cc(Cl)ccc1OCC1(CC#N)CC1. The molecule has 19 heavy (non-hydrogen) atoms. The number of ether oxygens (including phenoxy) is 1. The zero-order chi connectivity index (χ0) is 13.9. The van der Waals surface area contributed by atoms with Crippen LogP contribution in [0.5, 0.6) is 5.75 Å². The molecule has 4 heteroatoms. The van der Waals surface area contributed by atoms with Gasteiger partial charge in [-0.15, -0.1) is 0 Å². The Balaban J connectivity index is 2.10. The third-order valence-corrected chi connectivity index (χ3v) is 4.05. The Morgan fingerprint density at radius 1 is 1.53 bits per heavy atom. The Labute approximate surface area is 119 Å². The van der Waals surface area contributed by atoms with Crippen LogP contribution in [0.3, 0.4) is 0 Å². The van der Waals surface area contributed by atoms with Crippen molar-refractivity contribution in [3.8, 4) is 11.8 Å². The van der Waals surface area contributed by atoms with Crippen molar-refractivity contribution in [3.63, 3.8) is 0 Å². The Morgan fingerprint density at radius 3 is 2.84 bits per heavy atom. The predicted molar refractivity (Wildman–Crippen MR) is 76.3 cm³/mol. The fourth-order valence-corrected chi connectivity index (χ4v) is 2.27. The molecule has 0 spiro atoms. The Kier molecular flexibility index (Phi) is 4.34. The summed E-state index contributed by atoms with van der Waals surface area (Å²) in [6, 6.07) is 8.11. The number of halogens is 1. The summed E-state index contributed by atoms with van der Waals surface area (Å²) in [5.41, 5.74) is 1.15. The van der Waals surface area contributed by atoms with Crippen LogP contribution in [-0.4, -0.2) is 13.7 Å². The third kappa shape index (κ3) is 3.40. The molecule has 1 N–H and O–H groups in total. The molecule has 0 saturated heterocycles. The normalized spacial score (nSPS) is 17.6. The maximum atomic E-state index is 8.82. The van der Waals surface area contributed by atoms with E-state index in [1.165, 1.54) is 0 Å². The summed E-state index contributed by atoms with van der Waals surface area (Å²) >= 11 is 6.04. The number of nitrogens with zero attached hydrogens (tertiary/aromatic N) is 1. The molecule has 2 rings (SSSR count). The van der Waals surface area contributed by atoms with Crippen molar-refractivity contribution < 1.29 is 4.74 Å². The van der Waals surface area contributed by atoms with Crippen molar-refractivity contribution in [2.24, 2.45) is 5.41 Å². The summed E-state index contributed by atoms with van der Waals surface area (Å²) in [4.78, 5) is 0. The molecule has 1 fully saturated rings. The summed E-state index contributed by atoms with van der Waals surface area (Å²) in [7, 11) is 1.91. The van der Waals surface area contributed by atoms with Gasteiger partial charge in [-0.05, 0) is 45.0 Å². The van der Waals surface area contributed by atoms with Crippen LogP contribution in [0.15, 0.2) is 18.2 Å². The standard InChI is InChI=1S/C15H19ClN2O/c1-11(18-2)13-9-12(16)3-4-14(13)19-10-15(5-6-15)7-8-17/h3-4,9,11,18H,5-7,10H2,1-2H3. The lowest BCUT2D eigenvalue weighted by Gasteiger charge is -2.19. The van der Waals surface area contributed by atoms with Crippen LogP contribution < -0.4 is 10.1 Å². The topological polar surface area (TPSA) is 45.0 Å². The van der Waals surface area contributed by atoms with E-state index < -0.39 is 0 Å². The molecule has 1 aromatic carbocycles. The highest BCUT2D eigenvalue weighted by molar-refractivity contribution is 6.30. The van der Waals surface area contributed by atoms with Crippen molar-refractivity contribution in [1.82, 2.24) is 5.32 Å². The van der Waals surface area contributed by atoms with Crippen molar-refractivity contribution in [2.75, 3.05) is 13.7 Å². The molecule has 1 aliphatic rings. The Morgan fingerprint density at radius 2 is 2.26 bits per heavy atom. The number of hydrogen-bond acceptors (Lipinski definition) is 3. The Bertz CT molecular complexity index is 491. The van der Waals surface area contributed by atoms with Crippen LogP contribution in [-0.2, 0) is 0 Å². The van der Waals surface area contributed by atoms with E-state index in [0.29, 0.717) is 18.1 Å². The molecule has 0 amide bonds. The van der Waals surface area contributed by atoms with Gasteiger partial charge in [-0.2, -0.15) is 5.26 Å². The molecule has 102 valence electrons. The van der Waals surface area contributed by atoms with Crippen molar-refractivity contribution >= 4 is 11.6 Å². The average molecular weight is 279 g/mol. The second-order valence-corrected chi connectivity index (χ2v) is 5.75. The maximum Gasteiger partial charge on any atom is 0.124 e. The molecule has 0 radical (unpaired) electrons. The molecule has 3 nitrogen and oxygen atoms in total. The predicted octanol–water partition coefficient (Wildman–Crippen LogP) is 3.69.